The van der Waals surface area contributed by atoms with Crippen LogP contribution in [0.15, 0.2) is 23.0 Å². The van der Waals surface area contributed by atoms with Crippen molar-refractivity contribution in [3.8, 4) is 11.4 Å². The van der Waals surface area contributed by atoms with E-state index in [-0.39, 0.29) is 47.6 Å². The first-order valence-electron chi connectivity index (χ1n) is 11.9. The molecule has 0 fully saturated rings. The van der Waals surface area contributed by atoms with Crippen LogP contribution >= 0.6 is 0 Å². The summed E-state index contributed by atoms with van der Waals surface area (Å²) in [5.74, 6) is -1.40. The Bertz CT molecular complexity index is 1670. The minimum Gasteiger partial charge on any atom is -0.458 e. The molecule has 5 rings (SSSR count). The highest BCUT2D eigenvalue weighted by Gasteiger charge is 2.45. The zero-order valence-corrected chi connectivity index (χ0v) is 21.6. The number of fused-ring (bicyclic) bond motifs is 5. The van der Waals surface area contributed by atoms with Crippen LogP contribution in [0.3, 0.4) is 0 Å². The summed E-state index contributed by atoms with van der Waals surface area (Å²) < 4.78 is 55.6. The highest BCUT2D eigenvalue weighted by atomic mass is 32.3. The van der Waals surface area contributed by atoms with E-state index in [1.54, 1.807) is 13.8 Å². The molecule has 4 heterocycles. The number of pyridine rings is 2. The van der Waals surface area contributed by atoms with E-state index < -0.39 is 52.7 Å². The summed E-state index contributed by atoms with van der Waals surface area (Å²) in [7, 11) is -4.52. The topological polar surface area (TPSA) is 154 Å². The van der Waals surface area contributed by atoms with E-state index in [2.05, 4.69) is 9.17 Å². The number of ether oxygens (including phenoxy) is 1. The van der Waals surface area contributed by atoms with E-state index in [0.29, 0.717) is 22.1 Å². The summed E-state index contributed by atoms with van der Waals surface area (Å²) in [4.78, 5) is 30.5. The molecule has 0 radical (unpaired) electrons. The van der Waals surface area contributed by atoms with Crippen molar-refractivity contribution in [1.82, 2.24) is 9.55 Å². The molecule has 2 aliphatic heterocycles. The van der Waals surface area contributed by atoms with Gasteiger partial charge >= 0.3 is 16.4 Å². The Hall–Kier alpha value is -3.23. The fourth-order valence-corrected chi connectivity index (χ4v) is 5.88. The minimum absolute atomic E-state index is 0.0186. The van der Waals surface area contributed by atoms with E-state index in [4.69, 9.17) is 14.0 Å². The lowest BCUT2D eigenvalue weighted by Gasteiger charge is -2.31. The molecule has 0 spiro atoms. The highest BCUT2D eigenvalue weighted by molar-refractivity contribution is 7.81. The highest BCUT2D eigenvalue weighted by Crippen LogP contribution is 2.42. The number of carbonyl (C=O) groups excluding carboxylic acids is 1. The maximum absolute atomic E-state index is 14.6. The first-order valence-corrected chi connectivity index (χ1v) is 13.2. The van der Waals surface area contributed by atoms with Crippen molar-refractivity contribution in [3.63, 3.8) is 0 Å². The van der Waals surface area contributed by atoms with Crippen LogP contribution in [0.2, 0.25) is 0 Å². The zero-order chi connectivity index (χ0) is 27.6. The third-order valence-corrected chi connectivity index (χ3v) is 7.98. The normalized spacial score (nSPS) is 19.2. The third-order valence-electron chi connectivity index (χ3n) is 7.00. The van der Waals surface area contributed by atoms with E-state index in [0.717, 1.165) is 0 Å². The Kier molecular flexibility index (Phi) is 6.39. The van der Waals surface area contributed by atoms with Gasteiger partial charge in [-0.25, -0.2) is 22.5 Å². The molecule has 202 valence electrons. The monoisotopic (exact) mass is 548 g/mol. The molecule has 13 heteroatoms. The van der Waals surface area contributed by atoms with Crippen molar-refractivity contribution >= 4 is 27.3 Å². The van der Waals surface area contributed by atoms with Gasteiger partial charge in [0.25, 0.3) is 5.56 Å². The van der Waals surface area contributed by atoms with Gasteiger partial charge in [-0.15, -0.1) is 0 Å². The van der Waals surface area contributed by atoms with Crippen molar-refractivity contribution in [1.29, 1.82) is 0 Å². The summed E-state index contributed by atoms with van der Waals surface area (Å²) in [6, 6.07) is 4.23. The fraction of sp³-hybridized carbons (Fsp3) is 0.400. The summed E-state index contributed by atoms with van der Waals surface area (Å²) in [5.41, 5.74) is -0.455. The summed E-state index contributed by atoms with van der Waals surface area (Å²) in [5, 5.41) is 20.4. The lowest BCUT2D eigenvalue weighted by Crippen LogP contribution is -2.44. The lowest BCUT2D eigenvalue weighted by molar-refractivity contribution is -0.172. The van der Waals surface area contributed by atoms with Gasteiger partial charge in [0.1, 0.15) is 18.5 Å². The summed E-state index contributed by atoms with van der Waals surface area (Å²) in [6.07, 6.45) is -1.19. The number of aliphatic hydroxyl groups excluding tert-OH is 1. The van der Waals surface area contributed by atoms with Crippen molar-refractivity contribution in [3.05, 3.63) is 62.2 Å². The van der Waals surface area contributed by atoms with Gasteiger partial charge in [-0.3, -0.25) is 4.79 Å². The Morgan fingerprint density at radius 2 is 2.00 bits per heavy atom. The van der Waals surface area contributed by atoms with Crippen LogP contribution in [0.25, 0.3) is 22.3 Å². The van der Waals surface area contributed by atoms with Crippen molar-refractivity contribution < 1.29 is 40.9 Å². The summed E-state index contributed by atoms with van der Waals surface area (Å²) in [6.45, 7) is 3.24. The largest absolute Gasteiger partial charge is 0.458 e. The smallest absolute Gasteiger partial charge is 0.400 e. The van der Waals surface area contributed by atoms with Gasteiger partial charge < -0.3 is 19.5 Å². The fourth-order valence-electron chi connectivity index (χ4n) is 5.10. The molecule has 2 aliphatic rings. The van der Waals surface area contributed by atoms with Crippen LogP contribution in [0, 0.1) is 12.7 Å². The molecular formula is C25H25FN2O9S. The zero-order valence-electron chi connectivity index (χ0n) is 20.8. The molecular weight excluding hydrogens is 523 g/mol. The third kappa shape index (κ3) is 4.01. The van der Waals surface area contributed by atoms with Gasteiger partial charge in [0.2, 0.25) is 0 Å². The van der Waals surface area contributed by atoms with Crippen LogP contribution in [0.1, 0.15) is 54.2 Å². The number of aromatic nitrogens is 2. The first kappa shape index (κ1) is 26.4. The van der Waals surface area contributed by atoms with Crippen molar-refractivity contribution in [2.45, 2.75) is 52.0 Å². The molecule has 1 aromatic carbocycles. The van der Waals surface area contributed by atoms with Gasteiger partial charge in [-0.1, -0.05) is 6.92 Å². The van der Waals surface area contributed by atoms with Gasteiger partial charge in [0, 0.05) is 22.6 Å². The average molecular weight is 549 g/mol. The van der Waals surface area contributed by atoms with Gasteiger partial charge in [-0.05, 0) is 43.5 Å². The molecule has 38 heavy (non-hydrogen) atoms. The number of aliphatic hydroxyl groups is 2. The lowest BCUT2D eigenvalue weighted by atomic mass is 9.86. The van der Waals surface area contributed by atoms with Crippen LogP contribution < -0.4 is 5.56 Å². The molecule has 0 aliphatic carbocycles. The van der Waals surface area contributed by atoms with Crippen LogP contribution in [-0.4, -0.2) is 47.4 Å². The maximum Gasteiger partial charge on any atom is 0.400 e. The van der Waals surface area contributed by atoms with Crippen molar-refractivity contribution in [2.24, 2.45) is 0 Å². The van der Waals surface area contributed by atoms with Crippen LogP contribution in [0.4, 0.5) is 4.39 Å². The second-order valence-electron chi connectivity index (χ2n) is 9.27. The number of carbonyl (C=O) groups is 1. The predicted octanol–water partition coefficient (Wildman–Crippen LogP) is 1.86. The number of rotatable bonds is 7. The van der Waals surface area contributed by atoms with Crippen LogP contribution in [-0.2, 0) is 47.0 Å². The van der Waals surface area contributed by atoms with Gasteiger partial charge in [0.05, 0.1) is 42.2 Å². The average Bonchev–Trinajstić information content (AvgIpc) is 3.23. The number of hydrogen-bond donors (Lipinski definition) is 2. The number of benzene rings is 1. The van der Waals surface area contributed by atoms with Crippen LogP contribution in [0.5, 0.6) is 0 Å². The Balaban J connectivity index is 1.76. The molecule has 3 aromatic rings. The second-order valence-corrected chi connectivity index (χ2v) is 10.5. The minimum atomic E-state index is -4.52. The molecule has 11 nitrogen and oxygen atoms in total. The number of nitrogens with zero attached hydrogens (tertiary/aromatic N) is 2. The molecule has 0 unspecified atom stereocenters. The van der Waals surface area contributed by atoms with E-state index in [9.17, 15) is 27.5 Å². The number of halogens is 1. The maximum atomic E-state index is 14.6. The molecule has 0 saturated heterocycles. The summed E-state index contributed by atoms with van der Waals surface area (Å²) >= 11 is 0. The molecule has 0 bridgehead atoms. The van der Waals surface area contributed by atoms with Gasteiger partial charge in [-0.2, -0.15) is 8.42 Å². The van der Waals surface area contributed by atoms with E-state index >= 15 is 0 Å². The number of hydrogen-bond acceptors (Lipinski definition) is 10. The Morgan fingerprint density at radius 1 is 1.26 bits per heavy atom. The molecule has 0 amide bonds. The number of aryl methyl sites for hydroxylation is 1. The Labute approximate surface area is 216 Å². The van der Waals surface area contributed by atoms with E-state index in [1.165, 1.54) is 29.7 Å². The molecule has 2 N–H and O–H groups in total. The number of cyclic esters (lactones) is 1. The first-order chi connectivity index (χ1) is 17.9. The number of esters is 1. The molecule has 2 aromatic heterocycles. The second kappa shape index (κ2) is 9.20. The Morgan fingerprint density at radius 3 is 2.68 bits per heavy atom. The quantitative estimate of drug-likeness (QED) is 0.327. The van der Waals surface area contributed by atoms with Crippen molar-refractivity contribution in [2.75, 3.05) is 13.2 Å². The standard InChI is InChI=1S/C25H25FN2O9S/c1-4-25(32)17-8-20-22-15(10-28(20)23(30)16(17)11-35-24(25)31)21(13(3)37-38(33,34)36-6-5-29)14-7-12(2)18(26)9-19(14)27-22/h7-9,13,29,32H,4-6,10-11H2,1-3H3/t13-,25+/m1/s1. The predicted molar refractivity (Wildman–Crippen MR) is 131 cm³/mol. The molecule has 2 atom stereocenters. The van der Waals surface area contributed by atoms with Gasteiger partial charge in [0.15, 0.2) is 5.60 Å². The SMILES string of the molecule is CC[C@@]1(O)C(=O)OCc2c1cc1n(c2=O)Cc2c-1nc1cc(F)c(C)cc1c2[C@@H](C)OS(=O)(=O)OCCO. The molecule has 0 saturated carbocycles. The van der Waals surface area contributed by atoms with E-state index in [1.807, 2.05) is 0 Å².